The molecule has 0 saturated carbocycles. The van der Waals surface area contributed by atoms with Gasteiger partial charge in [-0.3, -0.25) is 4.79 Å². The Kier molecular flexibility index (Phi) is 3.99. The molecule has 19 heavy (non-hydrogen) atoms. The average molecular weight is 293 g/mol. The molecule has 3 nitrogen and oxygen atoms in total. The Morgan fingerprint density at radius 2 is 1.89 bits per heavy atom. The third-order valence-corrected chi connectivity index (χ3v) is 3.34. The number of carbonyl (C=O) groups excluding carboxylic acids is 1. The minimum atomic E-state index is -4.53. The zero-order chi connectivity index (χ0) is 14.0. The van der Waals surface area contributed by atoms with Gasteiger partial charge in [0.15, 0.2) is 0 Å². The van der Waals surface area contributed by atoms with Crippen LogP contribution >= 0.6 is 11.6 Å². The fourth-order valence-corrected chi connectivity index (χ4v) is 2.20. The summed E-state index contributed by atoms with van der Waals surface area (Å²) in [5.41, 5.74) is -1.14. The molecule has 1 saturated heterocycles. The summed E-state index contributed by atoms with van der Waals surface area (Å²) in [7, 11) is 0. The second kappa shape index (κ2) is 5.36. The predicted octanol–water partition coefficient (Wildman–Crippen LogP) is 3.38. The number of carbonyl (C=O) groups is 1. The van der Waals surface area contributed by atoms with Gasteiger partial charge in [-0.15, -0.1) is 0 Å². The van der Waals surface area contributed by atoms with Crippen LogP contribution in [0.1, 0.15) is 35.2 Å². The van der Waals surface area contributed by atoms with Crippen LogP contribution in [-0.4, -0.2) is 28.9 Å². The summed E-state index contributed by atoms with van der Waals surface area (Å²) in [5.74, 6) is -0.483. The number of likely N-dealkylation sites (tertiary alicyclic amines) is 1. The largest absolute Gasteiger partial charge is 0.417 e. The van der Waals surface area contributed by atoms with Gasteiger partial charge in [0.2, 0.25) is 0 Å². The van der Waals surface area contributed by atoms with Crippen molar-refractivity contribution in [2.75, 3.05) is 13.1 Å². The molecule has 0 radical (unpaired) electrons. The summed E-state index contributed by atoms with van der Waals surface area (Å²) >= 11 is 5.73. The van der Waals surface area contributed by atoms with E-state index < -0.39 is 17.6 Å². The second-order valence-corrected chi connectivity index (χ2v) is 4.77. The van der Waals surface area contributed by atoms with E-state index in [1.807, 2.05) is 0 Å². The third-order valence-electron chi connectivity index (χ3n) is 3.04. The molecule has 0 spiro atoms. The van der Waals surface area contributed by atoms with Crippen LogP contribution in [0.3, 0.4) is 0 Å². The lowest BCUT2D eigenvalue weighted by atomic mass is 10.1. The number of amides is 1. The molecule has 1 aromatic rings. The summed E-state index contributed by atoms with van der Waals surface area (Å²) in [6, 6.07) is 0.770. The van der Waals surface area contributed by atoms with Crippen molar-refractivity contribution in [1.29, 1.82) is 0 Å². The minimum Gasteiger partial charge on any atom is -0.339 e. The standard InChI is InChI=1S/C12H12ClF3N2O/c13-10-9(6-8(7-17-10)12(14,15)16)11(19)18-4-2-1-3-5-18/h6-7H,1-5H2. The van der Waals surface area contributed by atoms with Gasteiger partial charge in [0.05, 0.1) is 11.1 Å². The van der Waals surface area contributed by atoms with Crippen molar-refractivity contribution in [3.8, 4) is 0 Å². The lowest BCUT2D eigenvalue weighted by Crippen LogP contribution is -2.36. The van der Waals surface area contributed by atoms with Gasteiger partial charge < -0.3 is 4.90 Å². The van der Waals surface area contributed by atoms with Crippen LogP contribution in [0.4, 0.5) is 13.2 Å². The minimum absolute atomic E-state index is 0.182. The fraction of sp³-hybridized carbons (Fsp3) is 0.500. The van der Waals surface area contributed by atoms with Crippen molar-refractivity contribution in [1.82, 2.24) is 9.88 Å². The van der Waals surface area contributed by atoms with Crippen molar-refractivity contribution >= 4 is 17.5 Å². The van der Waals surface area contributed by atoms with E-state index in [1.54, 1.807) is 0 Å². The van der Waals surface area contributed by atoms with Crippen LogP contribution in [-0.2, 0) is 6.18 Å². The normalized spacial score (nSPS) is 16.5. The maximum atomic E-state index is 12.6. The molecule has 2 rings (SSSR count). The highest BCUT2D eigenvalue weighted by Gasteiger charge is 2.33. The summed E-state index contributed by atoms with van der Waals surface area (Å²) in [5, 5.41) is -0.191. The van der Waals surface area contributed by atoms with E-state index in [4.69, 9.17) is 11.6 Å². The maximum Gasteiger partial charge on any atom is 0.417 e. The molecule has 0 unspecified atom stereocenters. The van der Waals surface area contributed by atoms with Gasteiger partial charge in [-0.2, -0.15) is 13.2 Å². The van der Waals surface area contributed by atoms with E-state index in [2.05, 4.69) is 4.98 Å². The zero-order valence-corrected chi connectivity index (χ0v) is 10.8. The molecule has 0 bridgehead atoms. The molecule has 7 heteroatoms. The number of aromatic nitrogens is 1. The number of alkyl halides is 3. The second-order valence-electron chi connectivity index (χ2n) is 4.41. The van der Waals surface area contributed by atoms with Gasteiger partial charge in [0.1, 0.15) is 5.15 Å². The molecule has 2 heterocycles. The summed E-state index contributed by atoms with van der Waals surface area (Å²) in [6.07, 6.45) is -1.16. The first-order valence-electron chi connectivity index (χ1n) is 5.91. The Bertz CT molecular complexity index is 484. The molecule has 1 aliphatic rings. The van der Waals surface area contributed by atoms with E-state index >= 15 is 0 Å². The van der Waals surface area contributed by atoms with Crippen LogP contribution in [0.15, 0.2) is 12.3 Å². The van der Waals surface area contributed by atoms with E-state index in [0.29, 0.717) is 19.3 Å². The Labute approximate surface area is 113 Å². The van der Waals surface area contributed by atoms with E-state index in [0.717, 1.165) is 25.3 Å². The average Bonchev–Trinajstić information content (AvgIpc) is 2.38. The van der Waals surface area contributed by atoms with Gasteiger partial charge in [-0.1, -0.05) is 11.6 Å². The van der Waals surface area contributed by atoms with Gasteiger partial charge in [0, 0.05) is 19.3 Å². The molecule has 1 aromatic heterocycles. The molecule has 0 atom stereocenters. The molecule has 1 amide bonds. The van der Waals surface area contributed by atoms with Crippen molar-refractivity contribution in [2.45, 2.75) is 25.4 Å². The summed E-state index contributed by atoms with van der Waals surface area (Å²) in [4.78, 5) is 17.1. The highest BCUT2D eigenvalue weighted by atomic mass is 35.5. The smallest absolute Gasteiger partial charge is 0.339 e. The molecular formula is C12H12ClF3N2O. The number of nitrogens with zero attached hydrogens (tertiary/aromatic N) is 2. The number of halogens is 4. The van der Waals surface area contributed by atoms with E-state index in [-0.39, 0.29) is 10.7 Å². The first-order chi connectivity index (χ1) is 8.89. The number of rotatable bonds is 1. The summed E-state index contributed by atoms with van der Waals surface area (Å²) < 4.78 is 37.8. The van der Waals surface area contributed by atoms with Crippen molar-refractivity contribution in [3.63, 3.8) is 0 Å². The number of hydrogen-bond acceptors (Lipinski definition) is 2. The third kappa shape index (κ3) is 3.18. The zero-order valence-electron chi connectivity index (χ0n) is 10.0. The molecule has 1 aliphatic heterocycles. The van der Waals surface area contributed by atoms with E-state index in [9.17, 15) is 18.0 Å². The Morgan fingerprint density at radius 3 is 2.47 bits per heavy atom. The lowest BCUT2D eigenvalue weighted by molar-refractivity contribution is -0.137. The fourth-order valence-electron chi connectivity index (χ4n) is 2.02. The Balaban J connectivity index is 2.30. The number of pyridine rings is 1. The highest BCUT2D eigenvalue weighted by Crippen LogP contribution is 2.31. The quantitative estimate of drug-likeness (QED) is 0.744. The molecule has 0 N–H and O–H groups in total. The van der Waals surface area contributed by atoms with Crippen LogP contribution in [0.25, 0.3) is 0 Å². The summed E-state index contributed by atoms with van der Waals surface area (Å²) in [6.45, 7) is 1.09. The number of piperidine rings is 1. The van der Waals surface area contributed by atoms with Crippen molar-refractivity contribution < 1.29 is 18.0 Å². The molecular weight excluding hydrogens is 281 g/mol. The van der Waals surface area contributed by atoms with Crippen LogP contribution < -0.4 is 0 Å². The predicted molar refractivity (Wildman–Crippen MR) is 64.0 cm³/mol. The monoisotopic (exact) mass is 292 g/mol. The Morgan fingerprint density at radius 1 is 1.26 bits per heavy atom. The first-order valence-corrected chi connectivity index (χ1v) is 6.29. The van der Waals surface area contributed by atoms with Gasteiger partial charge in [0.25, 0.3) is 5.91 Å². The lowest BCUT2D eigenvalue weighted by Gasteiger charge is -2.27. The maximum absolute atomic E-state index is 12.6. The van der Waals surface area contributed by atoms with Gasteiger partial charge >= 0.3 is 6.18 Å². The first kappa shape index (κ1) is 14.1. The molecule has 104 valence electrons. The topological polar surface area (TPSA) is 33.2 Å². The van der Waals surface area contributed by atoms with Gasteiger partial charge in [-0.05, 0) is 25.3 Å². The van der Waals surface area contributed by atoms with Crippen molar-refractivity contribution in [3.05, 3.63) is 28.5 Å². The van der Waals surface area contributed by atoms with Crippen LogP contribution in [0, 0.1) is 0 Å². The number of hydrogen-bond donors (Lipinski definition) is 0. The van der Waals surface area contributed by atoms with E-state index in [1.165, 1.54) is 4.90 Å². The molecule has 1 fully saturated rings. The van der Waals surface area contributed by atoms with Crippen LogP contribution in [0.2, 0.25) is 5.15 Å². The Hall–Kier alpha value is -1.30. The van der Waals surface area contributed by atoms with Gasteiger partial charge in [-0.25, -0.2) is 4.98 Å². The van der Waals surface area contributed by atoms with Crippen LogP contribution in [0.5, 0.6) is 0 Å². The molecule has 0 aliphatic carbocycles. The SMILES string of the molecule is O=C(c1cc(C(F)(F)F)cnc1Cl)N1CCCCC1. The molecule has 0 aromatic carbocycles. The highest BCUT2D eigenvalue weighted by molar-refractivity contribution is 6.32. The van der Waals surface area contributed by atoms with Crippen molar-refractivity contribution in [2.24, 2.45) is 0 Å².